The van der Waals surface area contributed by atoms with Crippen molar-refractivity contribution >= 4 is 0 Å². The Labute approximate surface area is 103 Å². The fourth-order valence-electron chi connectivity index (χ4n) is 2.51. The summed E-state index contributed by atoms with van der Waals surface area (Å²) in [6.45, 7) is 4.19. The third kappa shape index (κ3) is 3.11. The SMILES string of the molecule is CC1CCC(Cn2ccc(CNC3CC3)c2)O1. The number of nitrogens with one attached hydrogen (secondary N) is 1. The minimum atomic E-state index is 0.418. The van der Waals surface area contributed by atoms with E-state index in [4.69, 9.17) is 4.74 Å². The van der Waals surface area contributed by atoms with Crippen molar-refractivity contribution in [1.82, 2.24) is 9.88 Å². The molecule has 3 rings (SSSR count). The van der Waals surface area contributed by atoms with Gasteiger partial charge in [-0.1, -0.05) is 0 Å². The zero-order valence-corrected chi connectivity index (χ0v) is 10.6. The van der Waals surface area contributed by atoms with Crippen molar-refractivity contribution in [2.24, 2.45) is 0 Å². The summed E-state index contributed by atoms with van der Waals surface area (Å²) in [4.78, 5) is 0. The highest BCUT2D eigenvalue weighted by molar-refractivity contribution is 5.10. The van der Waals surface area contributed by atoms with E-state index in [1.165, 1.54) is 31.2 Å². The van der Waals surface area contributed by atoms with Gasteiger partial charge < -0.3 is 14.6 Å². The molecule has 1 aromatic heterocycles. The van der Waals surface area contributed by atoms with E-state index in [0.717, 1.165) is 19.1 Å². The van der Waals surface area contributed by atoms with Crippen LogP contribution in [0.4, 0.5) is 0 Å². The minimum Gasteiger partial charge on any atom is -0.373 e. The second-order valence-electron chi connectivity index (χ2n) is 5.52. The van der Waals surface area contributed by atoms with Crippen molar-refractivity contribution in [1.29, 1.82) is 0 Å². The van der Waals surface area contributed by atoms with Gasteiger partial charge in [-0.15, -0.1) is 0 Å². The summed E-state index contributed by atoms with van der Waals surface area (Å²) < 4.78 is 8.12. The van der Waals surface area contributed by atoms with Crippen LogP contribution in [-0.2, 0) is 17.8 Å². The van der Waals surface area contributed by atoms with Gasteiger partial charge in [0.15, 0.2) is 0 Å². The van der Waals surface area contributed by atoms with Crippen LogP contribution < -0.4 is 5.32 Å². The Morgan fingerprint density at radius 3 is 2.94 bits per heavy atom. The molecule has 0 radical (unpaired) electrons. The van der Waals surface area contributed by atoms with E-state index in [2.05, 4.69) is 35.3 Å². The van der Waals surface area contributed by atoms with Crippen molar-refractivity contribution in [3.63, 3.8) is 0 Å². The van der Waals surface area contributed by atoms with E-state index in [0.29, 0.717) is 12.2 Å². The first-order valence-corrected chi connectivity index (χ1v) is 6.83. The van der Waals surface area contributed by atoms with Gasteiger partial charge >= 0.3 is 0 Å². The summed E-state index contributed by atoms with van der Waals surface area (Å²) in [6.07, 6.45) is 10.4. The molecule has 2 heterocycles. The van der Waals surface area contributed by atoms with Crippen molar-refractivity contribution in [2.45, 2.75) is 63.9 Å². The van der Waals surface area contributed by atoms with Gasteiger partial charge in [-0.05, 0) is 44.2 Å². The molecule has 1 aromatic rings. The lowest BCUT2D eigenvalue weighted by atomic mass is 10.2. The number of aromatic nitrogens is 1. The van der Waals surface area contributed by atoms with E-state index in [1.54, 1.807) is 0 Å². The second kappa shape index (κ2) is 4.83. The van der Waals surface area contributed by atoms with Crippen LogP contribution in [0.5, 0.6) is 0 Å². The molecular weight excluding hydrogens is 212 g/mol. The lowest BCUT2D eigenvalue weighted by Crippen LogP contribution is -2.16. The molecule has 3 nitrogen and oxygen atoms in total. The van der Waals surface area contributed by atoms with Gasteiger partial charge in [-0.25, -0.2) is 0 Å². The fraction of sp³-hybridized carbons (Fsp3) is 0.714. The van der Waals surface area contributed by atoms with Gasteiger partial charge in [-0.3, -0.25) is 0 Å². The summed E-state index contributed by atoms with van der Waals surface area (Å²) in [5, 5.41) is 3.54. The molecule has 0 bridgehead atoms. The van der Waals surface area contributed by atoms with Gasteiger partial charge in [0.05, 0.1) is 12.2 Å². The molecule has 2 unspecified atom stereocenters. The number of hydrogen-bond donors (Lipinski definition) is 1. The van der Waals surface area contributed by atoms with Gasteiger partial charge in [0, 0.05) is 31.5 Å². The quantitative estimate of drug-likeness (QED) is 0.846. The summed E-state index contributed by atoms with van der Waals surface area (Å²) in [6, 6.07) is 3.01. The maximum absolute atomic E-state index is 5.85. The number of hydrogen-bond acceptors (Lipinski definition) is 2. The van der Waals surface area contributed by atoms with Crippen LogP contribution >= 0.6 is 0 Å². The van der Waals surface area contributed by atoms with Gasteiger partial charge in [0.1, 0.15) is 0 Å². The van der Waals surface area contributed by atoms with E-state index >= 15 is 0 Å². The van der Waals surface area contributed by atoms with E-state index < -0.39 is 0 Å². The van der Waals surface area contributed by atoms with Crippen LogP contribution in [0.3, 0.4) is 0 Å². The zero-order valence-electron chi connectivity index (χ0n) is 10.6. The summed E-state index contributed by atoms with van der Waals surface area (Å²) in [5.41, 5.74) is 1.39. The van der Waals surface area contributed by atoms with Gasteiger partial charge in [-0.2, -0.15) is 0 Å². The Balaban J connectivity index is 1.49. The summed E-state index contributed by atoms with van der Waals surface area (Å²) in [5.74, 6) is 0. The third-order valence-corrected chi connectivity index (χ3v) is 3.72. The lowest BCUT2D eigenvalue weighted by molar-refractivity contribution is 0.0458. The van der Waals surface area contributed by atoms with E-state index in [9.17, 15) is 0 Å². The number of nitrogens with zero attached hydrogens (tertiary/aromatic N) is 1. The molecule has 0 spiro atoms. The Morgan fingerprint density at radius 1 is 1.35 bits per heavy atom. The van der Waals surface area contributed by atoms with Crippen LogP contribution in [0.25, 0.3) is 0 Å². The maximum atomic E-state index is 5.85. The first-order valence-electron chi connectivity index (χ1n) is 6.83. The van der Waals surface area contributed by atoms with Crippen molar-refractivity contribution in [3.05, 3.63) is 24.0 Å². The third-order valence-electron chi connectivity index (χ3n) is 3.72. The minimum absolute atomic E-state index is 0.418. The molecular formula is C14H22N2O. The first-order chi connectivity index (χ1) is 8.29. The predicted molar refractivity (Wildman–Crippen MR) is 67.9 cm³/mol. The Kier molecular flexibility index (Phi) is 3.21. The Bertz CT molecular complexity index is 370. The average molecular weight is 234 g/mol. The topological polar surface area (TPSA) is 26.2 Å². The standard InChI is InChI=1S/C14H22N2O/c1-11-2-5-14(17-11)10-16-7-6-12(9-16)8-15-13-3-4-13/h6-7,9,11,13-15H,2-5,8,10H2,1H3. The van der Waals surface area contributed by atoms with Crippen LogP contribution in [0.1, 0.15) is 38.2 Å². The fourth-order valence-corrected chi connectivity index (χ4v) is 2.51. The van der Waals surface area contributed by atoms with E-state index in [-0.39, 0.29) is 0 Å². The molecule has 3 heteroatoms. The molecule has 2 aliphatic rings. The Hall–Kier alpha value is -0.800. The molecule has 1 saturated heterocycles. The zero-order chi connectivity index (χ0) is 11.7. The first kappa shape index (κ1) is 11.3. The van der Waals surface area contributed by atoms with E-state index in [1.807, 2.05) is 0 Å². The summed E-state index contributed by atoms with van der Waals surface area (Å²) >= 11 is 0. The molecule has 17 heavy (non-hydrogen) atoms. The number of ether oxygens (including phenoxy) is 1. The van der Waals surface area contributed by atoms with Gasteiger partial charge in [0.2, 0.25) is 0 Å². The monoisotopic (exact) mass is 234 g/mol. The molecule has 0 aromatic carbocycles. The second-order valence-corrected chi connectivity index (χ2v) is 5.52. The van der Waals surface area contributed by atoms with Gasteiger partial charge in [0.25, 0.3) is 0 Å². The molecule has 94 valence electrons. The highest BCUT2D eigenvalue weighted by atomic mass is 16.5. The maximum Gasteiger partial charge on any atom is 0.0758 e. The molecule has 1 aliphatic heterocycles. The smallest absolute Gasteiger partial charge is 0.0758 e. The highest BCUT2D eigenvalue weighted by Gasteiger charge is 2.22. The molecule has 2 atom stereocenters. The normalized spacial score (nSPS) is 28.8. The molecule has 1 saturated carbocycles. The van der Waals surface area contributed by atoms with Crippen molar-refractivity contribution < 1.29 is 4.74 Å². The van der Waals surface area contributed by atoms with Crippen molar-refractivity contribution in [2.75, 3.05) is 0 Å². The molecule has 2 fully saturated rings. The van der Waals surface area contributed by atoms with Crippen LogP contribution in [0.2, 0.25) is 0 Å². The molecule has 1 N–H and O–H groups in total. The molecule has 1 aliphatic carbocycles. The van der Waals surface area contributed by atoms with Crippen LogP contribution in [-0.4, -0.2) is 22.8 Å². The number of rotatable bonds is 5. The Morgan fingerprint density at radius 2 is 2.24 bits per heavy atom. The summed E-state index contributed by atoms with van der Waals surface area (Å²) in [7, 11) is 0. The van der Waals surface area contributed by atoms with Crippen LogP contribution in [0, 0.1) is 0 Å². The van der Waals surface area contributed by atoms with Crippen LogP contribution in [0.15, 0.2) is 18.5 Å². The largest absolute Gasteiger partial charge is 0.373 e. The lowest BCUT2D eigenvalue weighted by Gasteiger charge is -2.11. The average Bonchev–Trinajstić information content (AvgIpc) is 2.90. The molecule has 0 amide bonds. The highest BCUT2D eigenvalue weighted by Crippen LogP contribution is 2.21. The predicted octanol–water partition coefficient (Wildman–Crippen LogP) is 2.31. The van der Waals surface area contributed by atoms with Crippen molar-refractivity contribution in [3.8, 4) is 0 Å².